The number of hydrogen-bond donors (Lipinski definition) is 1. The van der Waals surface area contributed by atoms with Gasteiger partial charge in [0.15, 0.2) is 0 Å². The number of nitrogens with zero attached hydrogens (tertiary/aromatic N) is 1. The molecule has 1 aliphatic heterocycles. The second-order valence-corrected chi connectivity index (χ2v) is 3.51. The highest BCUT2D eigenvalue weighted by molar-refractivity contribution is 4.69. The third kappa shape index (κ3) is 3.52. The van der Waals surface area contributed by atoms with E-state index in [1.54, 1.807) is 0 Å². The first-order chi connectivity index (χ1) is 5.83. The lowest BCUT2D eigenvalue weighted by molar-refractivity contribution is 0.0996. The minimum Gasteiger partial charge on any atom is -0.392 e. The Morgan fingerprint density at radius 1 is 1.33 bits per heavy atom. The lowest BCUT2D eigenvalue weighted by Crippen LogP contribution is -2.29. The number of likely N-dealkylation sites (tertiary alicyclic amines) is 1. The number of aliphatic hydroxyl groups is 1. The summed E-state index contributed by atoms with van der Waals surface area (Å²) in [6, 6.07) is 0. The maximum Gasteiger partial charge on any atom is 0.0823 e. The molecule has 1 aliphatic rings. The number of β-amino-alcohol motifs (C(OH)–C–C–N with tert-alkyl or cyclic N) is 1. The van der Waals surface area contributed by atoms with Crippen molar-refractivity contribution in [2.75, 3.05) is 26.2 Å². The molecule has 1 fully saturated rings. The predicted molar refractivity (Wildman–Crippen MR) is 46.5 cm³/mol. The van der Waals surface area contributed by atoms with Gasteiger partial charge in [-0.1, -0.05) is 0 Å². The number of rotatable bonds is 5. The van der Waals surface area contributed by atoms with Gasteiger partial charge in [0.05, 0.1) is 12.7 Å². The SMILES string of the molecule is [O]CCCC(O)CN1CCCC1. The van der Waals surface area contributed by atoms with Crippen molar-refractivity contribution < 1.29 is 10.2 Å². The van der Waals surface area contributed by atoms with Crippen LogP contribution >= 0.6 is 0 Å². The van der Waals surface area contributed by atoms with Crippen LogP contribution in [0.1, 0.15) is 25.7 Å². The summed E-state index contributed by atoms with van der Waals surface area (Å²) in [5.41, 5.74) is 0. The molecule has 1 N–H and O–H groups in total. The van der Waals surface area contributed by atoms with Crippen molar-refractivity contribution in [1.29, 1.82) is 0 Å². The van der Waals surface area contributed by atoms with Crippen molar-refractivity contribution in [2.45, 2.75) is 31.8 Å². The van der Waals surface area contributed by atoms with Gasteiger partial charge in [-0.15, -0.1) is 0 Å². The molecule has 71 valence electrons. The molecule has 1 unspecified atom stereocenters. The average molecular weight is 172 g/mol. The van der Waals surface area contributed by atoms with Crippen molar-refractivity contribution in [3.8, 4) is 0 Å². The molecule has 12 heavy (non-hydrogen) atoms. The predicted octanol–water partition coefficient (Wildman–Crippen LogP) is 0.654. The van der Waals surface area contributed by atoms with Crippen molar-refractivity contribution in [2.24, 2.45) is 0 Å². The van der Waals surface area contributed by atoms with E-state index in [4.69, 9.17) is 0 Å². The lowest BCUT2D eigenvalue weighted by atomic mass is 10.2. The third-order valence-corrected chi connectivity index (χ3v) is 2.35. The monoisotopic (exact) mass is 172 g/mol. The van der Waals surface area contributed by atoms with Gasteiger partial charge in [0.1, 0.15) is 0 Å². The van der Waals surface area contributed by atoms with Crippen LogP contribution in [0.5, 0.6) is 0 Å². The van der Waals surface area contributed by atoms with Crippen LogP contribution in [0.15, 0.2) is 0 Å². The summed E-state index contributed by atoms with van der Waals surface area (Å²) in [5.74, 6) is 0. The molecule has 0 aromatic rings. The van der Waals surface area contributed by atoms with Crippen molar-refractivity contribution in [1.82, 2.24) is 4.90 Å². The van der Waals surface area contributed by atoms with Crippen LogP contribution < -0.4 is 0 Å². The molecule has 0 aliphatic carbocycles. The van der Waals surface area contributed by atoms with E-state index >= 15 is 0 Å². The summed E-state index contributed by atoms with van der Waals surface area (Å²) >= 11 is 0. The van der Waals surface area contributed by atoms with Gasteiger partial charge in [-0.3, -0.25) is 0 Å². The highest BCUT2D eigenvalue weighted by atomic mass is 16.3. The zero-order valence-corrected chi connectivity index (χ0v) is 7.54. The molecule has 1 radical (unpaired) electrons. The van der Waals surface area contributed by atoms with E-state index in [0.717, 1.165) is 19.6 Å². The van der Waals surface area contributed by atoms with E-state index in [1.807, 2.05) is 0 Å². The van der Waals surface area contributed by atoms with Crippen LogP contribution in [0.2, 0.25) is 0 Å². The molecule has 0 saturated carbocycles. The van der Waals surface area contributed by atoms with Crippen molar-refractivity contribution in [3.05, 3.63) is 0 Å². The number of hydrogen-bond acceptors (Lipinski definition) is 2. The van der Waals surface area contributed by atoms with E-state index in [0.29, 0.717) is 12.8 Å². The number of aliphatic hydroxyl groups excluding tert-OH is 1. The Hall–Kier alpha value is -0.120. The normalized spacial score (nSPS) is 21.5. The topological polar surface area (TPSA) is 43.4 Å². The van der Waals surface area contributed by atoms with Gasteiger partial charge in [-0.25, -0.2) is 5.11 Å². The molecule has 0 amide bonds. The van der Waals surface area contributed by atoms with Crippen LogP contribution in [0.4, 0.5) is 0 Å². The lowest BCUT2D eigenvalue weighted by Gasteiger charge is -2.18. The van der Waals surface area contributed by atoms with E-state index in [2.05, 4.69) is 4.90 Å². The molecule has 0 aromatic carbocycles. The summed E-state index contributed by atoms with van der Waals surface area (Å²) in [5, 5.41) is 19.6. The minimum atomic E-state index is -0.281. The fourth-order valence-electron chi connectivity index (χ4n) is 1.67. The molecule has 0 bridgehead atoms. The van der Waals surface area contributed by atoms with Gasteiger partial charge in [-0.2, -0.15) is 0 Å². The van der Waals surface area contributed by atoms with Crippen LogP contribution in [0, 0.1) is 0 Å². The molecule has 1 saturated heterocycles. The Balaban J connectivity index is 2.03. The second kappa shape index (κ2) is 5.51. The van der Waals surface area contributed by atoms with Crippen molar-refractivity contribution >= 4 is 0 Å². The zero-order chi connectivity index (χ0) is 8.81. The zero-order valence-electron chi connectivity index (χ0n) is 7.54. The van der Waals surface area contributed by atoms with E-state index in [1.165, 1.54) is 12.8 Å². The molecule has 0 spiro atoms. The fraction of sp³-hybridized carbons (Fsp3) is 1.00. The quantitative estimate of drug-likeness (QED) is 0.662. The molecular weight excluding hydrogens is 154 g/mol. The largest absolute Gasteiger partial charge is 0.392 e. The molecular formula is C9H18NO2. The summed E-state index contributed by atoms with van der Waals surface area (Å²) in [4.78, 5) is 2.27. The first-order valence-corrected chi connectivity index (χ1v) is 4.81. The van der Waals surface area contributed by atoms with Crippen LogP contribution in [-0.4, -0.2) is 42.4 Å². The molecule has 1 rings (SSSR count). The Morgan fingerprint density at radius 3 is 2.58 bits per heavy atom. The van der Waals surface area contributed by atoms with Crippen LogP contribution in [0.25, 0.3) is 0 Å². The Labute approximate surface area is 74.0 Å². The van der Waals surface area contributed by atoms with Gasteiger partial charge in [-0.05, 0) is 38.8 Å². The summed E-state index contributed by atoms with van der Waals surface area (Å²) in [6.07, 6.45) is 3.51. The summed E-state index contributed by atoms with van der Waals surface area (Å²) in [6.45, 7) is 2.94. The Kier molecular flexibility index (Phi) is 4.58. The van der Waals surface area contributed by atoms with Gasteiger partial charge in [0.25, 0.3) is 0 Å². The highest BCUT2D eigenvalue weighted by Gasteiger charge is 2.14. The summed E-state index contributed by atoms with van der Waals surface area (Å²) in [7, 11) is 0. The maximum atomic E-state index is 10.1. The first-order valence-electron chi connectivity index (χ1n) is 4.81. The smallest absolute Gasteiger partial charge is 0.0823 e. The average Bonchev–Trinajstić information content (AvgIpc) is 2.53. The molecule has 3 heteroatoms. The van der Waals surface area contributed by atoms with Gasteiger partial charge in [0, 0.05) is 6.54 Å². The van der Waals surface area contributed by atoms with Gasteiger partial charge >= 0.3 is 0 Å². The second-order valence-electron chi connectivity index (χ2n) is 3.51. The summed E-state index contributed by atoms with van der Waals surface area (Å²) < 4.78 is 0. The Bertz CT molecular complexity index is 113. The highest BCUT2D eigenvalue weighted by Crippen LogP contribution is 2.09. The van der Waals surface area contributed by atoms with E-state index in [9.17, 15) is 10.2 Å². The molecule has 1 atom stereocenters. The van der Waals surface area contributed by atoms with Gasteiger partial charge < -0.3 is 10.0 Å². The van der Waals surface area contributed by atoms with Crippen LogP contribution in [0.3, 0.4) is 0 Å². The van der Waals surface area contributed by atoms with Crippen LogP contribution in [-0.2, 0) is 5.11 Å². The minimum absolute atomic E-state index is 0.0585. The van der Waals surface area contributed by atoms with Crippen molar-refractivity contribution in [3.63, 3.8) is 0 Å². The van der Waals surface area contributed by atoms with E-state index in [-0.39, 0.29) is 12.7 Å². The Morgan fingerprint density at radius 2 is 2.00 bits per heavy atom. The van der Waals surface area contributed by atoms with Gasteiger partial charge in [0.2, 0.25) is 0 Å². The molecule has 0 aromatic heterocycles. The fourth-order valence-corrected chi connectivity index (χ4v) is 1.67. The first kappa shape index (κ1) is 9.96. The third-order valence-electron chi connectivity index (χ3n) is 2.35. The molecule has 3 nitrogen and oxygen atoms in total. The molecule has 1 heterocycles. The van der Waals surface area contributed by atoms with E-state index < -0.39 is 0 Å². The maximum absolute atomic E-state index is 10.1. The standard InChI is InChI=1S/C9H18NO2/c11-7-3-4-9(12)8-10-5-1-2-6-10/h9,12H,1-8H2.